The van der Waals surface area contributed by atoms with E-state index in [1.165, 1.54) is 17.9 Å². The van der Waals surface area contributed by atoms with Gasteiger partial charge >= 0.3 is 0 Å². The second kappa shape index (κ2) is 7.16. The van der Waals surface area contributed by atoms with Gasteiger partial charge in [-0.15, -0.1) is 5.53 Å². The topological polar surface area (TPSA) is 56.8 Å². The normalized spacial score (nSPS) is 18.4. The third-order valence-electron chi connectivity index (χ3n) is 5.08. The zero-order valence-corrected chi connectivity index (χ0v) is 16.1. The first-order valence-corrected chi connectivity index (χ1v) is 9.30. The van der Waals surface area contributed by atoms with Gasteiger partial charge in [0.1, 0.15) is 17.3 Å². The number of amides is 1. The van der Waals surface area contributed by atoms with Crippen LogP contribution in [0.2, 0.25) is 0 Å². The summed E-state index contributed by atoms with van der Waals surface area (Å²) in [6.07, 6.45) is 3.20. The molecule has 6 nitrogen and oxygen atoms in total. The van der Waals surface area contributed by atoms with Crippen LogP contribution in [0.25, 0.3) is 5.70 Å². The summed E-state index contributed by atoms with van der Waals surface area (Å²) >= 11 is 0. The average Bonchev–Trinajstić information content (AvgIpc) is 3.10. The van der Waals surface area contributed by atoms with Crippen LogP contribution in [0.3, 0.4) is 0 Å². The van der Waals surface area contributed by atoms with Crippen molar-refractivity contribution in [1.82, 2.24) is 16.0 Å². The molecule has 0 bridgehead atoms. The van der Waals surface area contributed by atoms with Crippen molar-refractivity contribution in [3.8, 4) is 11.5 Å². The van der Waals surface area contributed by atoms with Crippen LogP contribution in [0.4, 0.5) is 10.1 Å². The Labute approximate surface area is 163 Å². The summed E-state index contributed by atoms with van der Waals surface area (Å²) in [5, 5.41) is 1.74. The Morgan fingerprint density at radius 3 is 2.68 bits per heavy atom. The molecule has 0 aliphatic carbocycles. The highest BCUT2D eigenvalue weighted by Gasteiger charge is 2.34. The fourth-order valence-electron chi connectivity index (χ4n) is 3.80. The van der Waals surface area contributed by atoms with Gasteiger partial charge < -0.3 is 15.1 Å². The Kier molecular flexibility index (Phi) is 4.68. The number of hydrogen-bond acceptors (Lipinski definition) is 5. The molecule has 0 aromatic heterocycles. The van der Waals surface area contributed by atoms with Crippen LogP contribution < -0.4 is 20.6 Å². The van der Waals surface area contributed by atoms with Crippen molar-refractivity contribution >= 4 is 17.3 Å². The van der Waals surface area contributed by atoms with Crippen LogP contribution in [0.5, 0.6) is 11.5 Å². The van der Waals surface area contributed by atoms with E-state index in [1.807, 2.05) is 50.5 Å². The summed E-state index contributed by atoms with van der Waals surface area (Å²) in [6, 6.07) is 10.8. The van der Waals surface area contributed by atoms with Gasteiger partial charge in [-0.05, 0) is 38.0 Å². The first-order valence-electron chi connectivity index (χ1n) is 9.30. The highest BCUT2D eigenvalue weighted by molar-refractivity contribution is 5.95. The van der Waals surface area contributed by atoms with Crippen molar-refractivity contribution in [3.05, 3.63) is 59.5 Å². The van der Waals surface area contributed by atoms with E-state index >= 15 is 4.39 Å². The zero-order chi connectivity index (χ0) is 19.8. The van der Waals surface area contributed by atoms with Crippen molar-refractivity contribution in [2.24, 2.45) is 0 Å². The van der Waals surface area contributed by atoms with Gasteiger partial charge in [-0.25, -0.2) is 4.39 Å². The van der Waals surface area contributed by atoms with Crippen molar-refractivity contribution in [2.75, 3.05) is 11.9 Å². The SMILES string of the molecule is CC(=O)N1c2c(F)cc(C3=CN(C)NN3)c(Oc3ccccc3)c2CC[C@@H]1C. The molecule has 1 atom stereocenters. The molecule has 0 radical (unpaired) electrons. The second-order valence-corrected chi connectivity index (χ2v) is 7.14. The van der Waals surface area contributed by atoms with Crippen molar-refractivity contribution in [2.45, 2.75) is 32.7 Å². The highest BCUT2D eigenvalue weighted by Crippen LogP contribution is 2.44. The molecule has 0 spiro atoms. The molecule has 146 valence electrons. The van der Waals surface area contributed by atoms with Crippen LogP contribution in [0.15, 0.2) is 42.6 Å². The Balaban J connectivity index is 1.92. The lowest BCUT2D eigenvalue weighted by molar-refractivity contribution is -0.117. The first-order chi connectivity index (χ1) is 13.5. The molecule has 2 aromatic carbocycles. The van der Waals surface area contributed by atoms with E-state index in [0.29, 0.717) is 40.4 Å². The number of ether oxygens (including phenoxy) is 1. The van der Waals surface area contributed by atoms with Crippen molar-refractivity contribution in [1.29, 1.82) is 0 Å². The van der Waals surface area contributed by atoms with Gasteiger partial charge in [-0.2, -0.15) is 0 Å². The van der Waals surface area contributed by atoms with Gasteiger partial charge in [0.05, 0.1) is 11.4 Å². The van der Waals surface area contributed by atoms with E-state index in [1.54, 1.807) is 5.01 Å². The Hall–Kier alpha value is -3.06. The summed E-state index contributed by atoms with van der Waals surface area (Å²) in [5.41, 5.74) is 8.31. The lowest BCUT2D eigenvalue weighted by Crippen LogP contribution is -2.41. The van der Waals surface area contributed by atoms with E-state index in [9.17, 15) is 4.79 Å². The molecule has 0 saturated carbocycles. The van der Waals surface area contributed by atoms with E-state index < -0.39 is 5.82 Å². The number of hydrazine groups is 2. The van der Waals surface area contributed by atoms with Crippen LogP contribution in [0.1, 0.15) is 31.4 Å². The van der Waals surface area contributed by atoms with Gasteiger partial charge in [0, 0.05) is 37.3 Å². The minimum Gasteiger partial charge on any atom is -0.456 e. The number of hydrogen-bond donors (Lipinski definition) is 2. The van der Waals surface area contributed by atoms with E-state index in [4.69, 9.17) is 4.74 Å². The standard InChI is InChI=1S/C21H23FN4O2/c1-13-9-10-16-20(26(13)14(2)27)18(22)11-17(19-12-25(3)24-23-19)21(16)28-15-7-5-4-6-8-15/h4-8,11-13,23-24H,9-10H2,1-3H3/t13-/m0/s1. The summed E-state index contributed by atoms with van der Waals surface area (Å²) in [6.45, 7) is 3.41. The molecule has 0 unspecified atom stereocenters. The summed E-state index contributed by atoms with van der Waals surface area (Å²) in [5.74, 6) is 0.622. The molecular formula is C21H23FN4O2. The molecule has 2 aliphatic rings. The number of anilines is 1. The molecule has 1 amide bonds. The van der Waals surface area contributed by atoms with Gasteiger partial charge in [0.15, 0.2) is 0 Å². The van der Waals surface area contributed by atoms with Crippen molar-refractivity contribution < 1.29 is 13.9 Å². The maximum Gasteiger partial charge on any atom is 0.224 e. The van der Waals surface area contributed by atoms with Gasteiger partial charge in [-0.1, -0.05) is 18.2 Å². The number of nitrogens with one attached hydrogen (secondary N) is 2. The largest absolute Gasteiger partial charge is 0.456 e. The Morgan fingerprint density at radius 2 is 2.04 bits per heavy atom. The number of carbonyl (C=O) groups is 1. The van der Waals surface area contributed by atoms with Gasteiger partial charge in [-0.3, -0.25) is 9.80 Å². The molecule has 2 heterocycles. The van der Waals surface area contributed by atoms with E-state index in [-0.39, 0.29) is 11.9 Å². The van der Waals surface area contributed by atoms with Gasteiger partial charge in [0.2, 0.25) is 5.91 Å². The predicted molar refractivity (Wildman–Crippen MR) is 106 cm³/mol. The summed E-state index contributed by atoms with van der Waals surface area (Å²) < 4.78 is 21.5. The number of fused-ring (bicyclic) bond motifs is 1. The molecule has 2 N–H and O–H groups in total. The minimum atomic E-state index is -0.426. The number of carbonyl (C=O) groups excluding carboxylic acids is 1. The molecule has 4 rings (SSSR count). The monoisotopic (exact) mass is 382 g/mol. The van der Waals surface area contributed by atoms with E-state index in [0.717, 1.165) is 6.42 Å². The molecule has 28 heavy (non-hydrogen) atoms. The molecular weight excluding hydrogens is 359 g/mol. The average molecular weight is 382 g/mol. The molecule has 7 heteroatoms. The number of halogens is 1. The maximum absolute atomic E-state index is 15.2. The Bertz CT molecular complexity index is 945. The number of rotatable bonds is 3. The van der Waals surface area contributed by atoms with Crippen LogP contribution in [-0.4, -0.2) is 24.0 Å². The number of para-hydroxylation sites is 1. The molecule has 0 saturated heterocycles. The fraction of sp³-hybridized carbons (Fsp3) is 0.286. The lowest BCUT2D eigenvalue weighted by Gasteiger charge is -2.36. The third kappa shape index (κ3) is 3.18. The maximum atomic E-state index is 15.2. The van der Waals surface area contributed by atoms with Crippen LogP contribution in [0, 0.1) is 5.82 Å². The van der Waals surface area contributed by atoms with E-state index in [2.05, 4.69) is 11.0 Å². The summed E-state index contributed by atoms with van der Waals surface area (Å²) in [7, 11) is 1.84. The Morgan fingerprint density at radius 1 is 1.29 bits per heavy atom. The smallest absolute Gasteiger partial charge is 0.224 e. The molecule has 2 aliphatic heterocycles. The fourth-order valence-corrected chi connectivity index (χ4v) is 3.80. The summed E-state index contributed by atoms with van der Waals surface area (Å²) in [4.78, 5) is 13.8. The zero-order valence-electron chi connectivity index (χ0n) is 16.1. The van der Waals surface area contributed by atoms with Crippen molar-refractivity contribution in [3.63, 3.8) is 0 Å². The van der Waals surface area contributed by atoms with Gasteiger partial charge in [0.25, 0.3) is 0 Å². The molecule has 2 aromatic rings. The molecule has 0 fully saturated rings. The quantitative estimate of drug-likeness (QED) is 0.850. The number of benzene rings is 2. The third-order valence-corrected chi connectivity index (χ3v) is 5.08. The predicted octanol–water partition coefficient (Wildman–Crippen LogP) is 3.56. The lowest BCUT2D eigenvalue weighted by atomic mass is 9.92. The first kappa shape index (κ1) is 18.3. The second-order valence-electron chi connectivity index (χ2n) is 7.14. The minimum absolute atomic E-state index is 0.0634. The van der Waals surface area contributed by atoms with Crippen LogP contribution in [-0.2, 0) is 11.2 Å². The van der Waals surface area contributed by atoms with Crippen LogP contribution >= 0.6 is 0 Å². The highest BCUT2D eigenvalue weighted by atomic mass is 19.1. The number of nitrogens with zero attached hydrogens (tertiary/aromatic N) is 2.